The van der Waals surface area contributed by atoms with Crippen molar-refractivity contribution >= 4 is 34.2 Å². The number of aromatic nitrogens is 3. The number of imidazole rings is 1. The highest BCUT2D eigenvalue weighted by Gasteiger charge is 2.24. The Kier molecular flexibility index (Phi) is 4.37. The molecule has 1 aromatic carbocycles. The summed E-state index contributed by atoms with van der Waals surface area (Å²) in [5.41, 5.74) is 2.38. The Balaban J connectivity index is 1.60. The molecule has 1 aliphatic rings. The van der Waals surface area contributed by atoms with Crippen LogP contribution in [0.5, 0.6) is 0 Å². The molecule has 1 fully saturated rings. The third-order valence-corrected chi connectivity index (χ3v) is 5.52. The van der Waals surface area contributed by atoms with E-state index in [1.807, 2.05) is 35.2 Å². The molecular weight excluding hydrogens is 350 g/mol. The maximum absolute atomic E-state index is 12.7. The number of aryl methyl sites for hydroxylation is 1. The van der Waals surface area contributed by atoms with Crippen LogP contribution in [0.1, 0.15) is 21.8 Å². The van der Waals surface area contributed by atoms with Crippen molar-refractivity contribution in [1.82, 2.24) is 19.4 Å². The number of hydrogen-bond donors (Lipinski definition) is 1. The molecule has 136 valence electrons. The van der Waals surface area contributed by atoms with Crippen LogP contribution in [0.3, 0.4) is 0 Å². The number of anilines is 1. The fourth-order valence-electron chi connectivity index (χ4n) is 3.35. The van der Waals surface area contributed by atoms with Crippen LogP contribution in [0, 0.1) is 0 Å². The predicted molar refractivity (Wildman–Crippen MR) is 101 cm³/mol. The van der Waals surface area contributed by atoms with Crippen molar-refractivity contribution in [3.8, 4) is 0 Å². The van der Waals surface area contributed by atoms with E-state index in [-0.39, 0.29) is 12.0 Å². The molecule has 8 heteroatoms. The summed E-state index contributed by atoms with van der Waals surface area (Å²) in [6.07, 6.45) is 2.20. The summed E-state index contributed by atoms with van der Waals surface area (Å²) in [5, 5.41) is 12.6. The summed E-state index contributed by atoms with van der Waals surface area (Å²) < 4.78 is 2.01. The second-order valence-electron chi connectivity index (χ2n) is 6.65. The maximum Gasteiger partial charge on any atom is 0.254 e. The van der Waals surface area contributed by atoms with E-state index < -0.39 is 0 Å². The smallest absolute Gasteiger partial charge is 0.254 e. The lowest BCUT2D eigenvalue weighted by Gasteiger charge is -2.16. The molecule has 1 saturated heterocycles. The molecule has 0 radical (unpaired) electrons. The number of β-amino-alcohol motifs (C(OH)–C–C–N with tert-alkyl or cyclic N) is 1. The molecular formula is C18H21N5O2S. The molecule has 0 saturated carbocycles. The van der Waals surface area contributed by atoms with Gasteiger partial charge in [-0.2, -0.15) is 0 Å². The van der Waals surface area contributed by atoms with Crippen LogP contribution >= 0.6 is 11.3 Å². The van der Waals surface area contributed by atoms with Gasteiger partial charge in [-0.15, -0.1) is 11.3 Å². The summed E-state index contributed by atoms with van der Waals surface area (Å²) in [6, 6.07) is 5.61. The van der Waals surface area contributed by atoms with Crippen LogP contribution in [-0.4, -0.2) is 56.7 Å². The Morgan fingerprint density at radius 3 is 3.00 bits per heavy atom. The number of fused-ring (bicyclic) bond motifs is 1. The molecule has 4 rings (SSSR count). The number of carbonyl (C=O) groups is 1. The van der Waals surface area contributed by atoms with E-state index in [4.69, 9.17) is 4.98 Å². The van der Waals surface area contributed by atoms with Gasteiger partial charge in [0.25, 0.3) is 5.91 Å². The van der Waals surface area contributed by atoms with Gasteiger partial charge in [-0.3, -0.25) is 4.79 Å². The molecule has 3 heterocycles. The molecule has 1 N–H and O–H groups in total. The maximum atomic E-state index is 12.7. The first-order valence-corrected chi connectivity index (χ1v) is 9.44. The number of aliphatic hydroxyl groups is 1. The van der Waals surface area contributed by atoms with Gasteiger partial charge in [0.2, 0.25) is 5.95 Å². The van der Waals surface area contributed by atoms with E-state index in [1.54, 1.807) is 18.1 Å². The number of carbonyl (C=O) groups excluding carboxylic acids is 1. The largest absolute Gasteiger partial charge is 0.391 e. The Bertz CT molecular complexity index is 937. The van der Waals surface area contributed by atoms with Crippen molar-refractivity contribution in [3.63, 3.8) is 0 Å². The molecule has 1 atom stereocenters. The van der Waals surface area contributed by atoms with Crippen molar-refractivity contribution in [2.24, 2.45) is 7.05 Å². The normalized spacial score (nSPS) is 17.2. The third kappa shape index (κ3) is 3.06. The summed E-state index contributed by atoms with van der Waals surface area (Å²) in [6.45, 7) is 1.88. The fourth-order valence-corrected chi connectivity index (χ4v) is 4.02. The number of aliphatic hydroxyl groups excluding tert-OH is 1. The van der Waals surface area contributed by atoms with Crippen LogP contribution in [0.25, 0.3) is 11.0 Å². The fraction of sp³-hybridized carbons (Fsp3) is 0.389. The highest BCUT2D eigenvalue weighted by atomic mass is 32.1. The molecule has 3 aromatic rings. The molecule has 1 amide bonds. The number of amides is 1. The van der Waals surface area contributed by atoms with E-state index in [2.05, 4.69) is 9.88 Å². The molecule has 0 aliphatic carbocycles. The zero-order valence-electron chi connectivity index (χ0n) is 14.8. The number of nitrogens with zero attached hydrogens (tertiary/aromatic N) is 5. The monoisotopic (exact) mass is 371 g/mol. The third-order valence-electron chi connectivity index (χ3n) is 4.75. The molecule has 2 aromatic heterocycles. The Labute approximate surface area is 155 Å². The average molecular weight is 371 g/mol. The molecule has 0 spiro atoms. The van der Waals surface area contributed by atoms with Crippen LogP contribution in [0.15, 0.2) is 29.8 Å². The van der Waals surface area contributed by atoms with Crippen LogP contribution in [0.2, 0.25) is 0 Å². The zero-order valence-corrected chi connectivity index (χ0v) is 15.6. The first-order valence-electron chi connectivity index (χ1n) is 8.56. The summed E-state index contributed by atoms with van der Waals surface area (Å²) in [4.78, 5) is 25.4. The van der Waals surface area contributed by atoms with Crippen molar-refractivity contribution < 1.29 is 9.90 Å². The van der Waals surface area contributed by atoms with Gasteiger partial charge in [0, 0.05) is 44.3 Å². The number of rotatable bonds is 4. The lowest BCUT2D eigenvalue weighted by atomic mass is 10.2. The number of hydrogen-bond acceptors (Lipinski definition) is 6. The zero-order chi connectivity index (χ0) is 18.3. The summed E-state index contributed by atoms with van der Waals surface area (Å²) >= 11 is 1.54. The Morgan fingerprint density at radius 1 is 1.46 bits per heavy atom. The summed E-state index contributed by atoms with van der Waals surface area (Å²) in [7, 11) is 3.74. The minimum absolute atomic E-state index is 0.0501. The lowest BCUT2D eigenvalue weighted by molar-refractivity contribution is 0.0785. The van der Waals surface area contributed by atoms with E-state index in [9.17, 15) is 9.90 Å². The van der Waals surface area contributed by atoms with E-state index >= 15 is 0 Å². The van der Waals surface area contributed by atoms with Crippen molar-refractivity contribution in [2.45, 2.75) is 19.1 Å². The quantitative estimate of drug-likeness (QED) is 0.758. The molecule has 7 nitrogen and oxygen atoms in total. The minimum Gasteiger partial charge on any atom is -0.391 e. The second-order valence-corrected chi connectivity index (χ2v) is 7.63. The van der Waals surface area contributed by atoms with Gasteiger partial charge >= 0.3 is 0 Å². The van der Waals surface area contributed by atoms with Gasteiger partial charge < -0.3 is 19.5 Å². The Morgan fingerprint density at radius 2 is 2.31 bits per heavy atom. The van der Waals surface area contributed by atoms with E-state index in [1.165, 1.54) is 11.3 Å². The van der Waals surface area contributed by atoms with E-state index in [0.717, 1.165) is 35.0 Å². The summed E-state index contributed by atoms with van der Waals surface area (Å²) in [5.74, 6) is 0.781. The van der Waals surface area contributed by atoms with Crippen LogP contribution in [0.4, 0.5) is 5.95 Å². The molecule has 0 bridgehead atoms. The first-order chi connectivity index (χ1) is 12.5. The van der Waals surface area contributed by atoms with E-state index in [0.29, 0.717) is 18.7 Å². The van der Waals surface area contributed by atoms with Gasteiger partial charge in [0.15, 0.2) is 0 Å². The number of thiazole rings is 1. The highest BCUT2D eigenvalue weighted by molar-refractivity contribution is 7.09. The Hall–Kier alpha value is -2.45. The second kappa shape index (κ2) is 6.69. The average Bonchev–Trinajstić information content (AvgIpc) is 3.35. The van der Waals surface area contributed by atoms with Gasteiger partial charge in [-0.25, -0.2) is 9.97 Å². The van der Waals surface area contributed by atoms with Crippen molar-refractivity contribution in [3.05, 3.63) is 40.3 Å². The number of benzene rings is 1. The molecule has 1 aliphatic heterocycles. The van der Waals surface area contributed by atoms with Gasteiger partial charge in [-0.05, 0) is 24.6 Å². The van der Waals surface area contributed by atoms with Gasteiger partial charge in [-0.1, -0.05) is 0 Å². The van der Waals surface area contributed by atoms with Crippen molar-refractivity contribution in [1.29, 1.82) is 0 Å². The lowest BCUT2D eigenvalue weighted by Crippen LogP contribution is -2.26. The molecule has 26 heavy (non-hydrogen) atoms. The molecule has 0 unspecified atom stereocenters. The SMILES string of the molecule is CN(Cc1nccs1)C(=O)c1ccc2c(c1)nc(N1CC[C@H](O)C1)n2C. The first kappa shape index (κ1) is 17.0. The van der Waals surface area contributed by atoms with Gasteiger partial charge in [0.05, 0.1) is 23.7 Å². The topological polar surface area (TPSA) is 74.5 Å². The van der Waals surface area contributed by atoms with Crippen LogP contribution in [-0.2, 0) is 13.6 Å². The standard InChI is InChI=1S/C18H21N5O2S/c1-21(11-16-19-6-8-26-16)17(25)12-3-4-15-14(9-12)20-18(22(15)2)23-7-5-13(24)10-23/h3-4,6,8-9,13,24H,5,7,10-11H2,1-2H3/t13-/m0/s1. The van der Waals surface area contributed by atoms with Crippen LogP contribution < -0.4 is 4.90 Å². The highest BCUT2D eigenvalue weighted by Crippen LogP contribution is 2.25. The minimum atomic E-state index is -0.300. The van der Waals surface area contributed by atoms with Crippen molar-refractivity contribution in [2.75, 3.05) is 25.0 Å². The predicted octanol–water partition coefficient (Wildman–Crippen LogP) is 1.87. The van der Waals surface area contributed by atoms with Gasteiger partial charge in [0.1, 0.15) is 5.01 Å².